The molecule has 2 aliphatic heterocycles. The van der Waals surface area contributed by atoms with Gasteiger partial charge in [0.15, 0.2) is 9.84 Å². The van der Waals surface area contributed by atoms with Crippen LogP contribution in [0, 0.1) is 11.6 Å². The Labute approximate surface area is 238 Å². The number of amides is 1. The van der Waals surface area contributed by atoms with E-state index in [1.165, 1.54) is 0 Å². The van der Waals surface area contributed by atoms with Crippen molar-refractivity contribution in [1.29, 1.82) is 0 Å². The van der Waals surface area contributed by atoms with E-state index in [1.54, 1.807) is 0 Å². The monoisotopic (exact) mass is 585 g/mol. The minimum atomic E-state index is -3.76. The predicted molar refractivity (Wildman–Crippen MR) is 152 cm³/mol. The van der Waals surface area contributed by atoms with Gasteiger partial charge >= 0.3 is 0 Å². The quantitative estimate of drug-likeness (QED) is 0.405. The van der Waals surface area contributed by atoms with E-state index < -0.39 is 21.5 Å². The zero-order valence-corrected chi connectivity index (χ0v) is 23.6. The number of nitrogens with two attached hydrogens (primary N) is 1. The molecule has 210 valence electrons. The van der Waals surface area contributed by atoms with Crippen LogP contribution in [0.15, 0.2) is 72.3 Å². The SMILES string of the molecule is CS(=O)(=O)C(=C1CN([C@@H](c2ccc(Cl)cc2)c2ccc(CN3CCC[C@H]3C(N)=O)cc2)C1)c1cc(F)cc(F)c1. The van der Waals surface area contributed by atoms with E-state index >= 15 is 0 Å². The van der Waals surface area contributed by atoms with Gasteiger partial charge < -0.3 is 5.73 Å². The number of likely N-dealkylation sites (tertiary alicyclic amines) is 2. The smallest absolute Gasteiger partial charge is 0.234 e. The molecule has 0 saturated carbocycles. The molecular formula is C30H30ClF2N3O3S. The summed E-state index contributed by atoms with van der Waals surface area (Å²) in [7, 11) is -3.76. The minimum absolute atomic E-state index is 0.0122. The fourth-order valence-corrected chi connectivity index (χ4v) is 7.10. The van der Waals surface area contributed by atoms with Crippen molar-refractivity contribution in [3.63, 3.8) is 0 Å². The minimum Gasteiger partial charge on any atom is -0.368 e. The second-order valence-electron chi connectivity index (χ2n) is 10.5. The van der Waals surface area contributed by atoms with Crippen LogP contribution in [0.3, 0.4) is 0 Å². The third-order valence-corrected chi connectivity index (χ3v) is 9.05. The number of sulfone groups is 1. The maximum absolute atomic E-state index is 14.0. The highest BCUT2D eigenvalue weighted by atomic mass is 35.5. The number of rotatable bonds is 8. The fourth-order valence-electron chi connectivity index (χ4n) is 5.77. The van der Waals surface area contributed by atoms with Crippen molar-refractivity contribution in [2.24, 2.45) is 5.73 Å². The Kier molecular flexibility index (Phi) is 8.10. The summed E-state index contributed by atoms with van der Waals surface area (Å²) in [5.41, 5.74) is 9.21. The van der Waals surface area contributed by atoms with Gasteiger partial charge in [0.25, 0.3) is 0 Å². The standard InChI is InChI=1S/C30H30ClF2N3O3S/c1-40(38,39)29(22-13-25(32)15-26(33)14-22)23-17-36(18-23)28(21-8-10-24(31)11-9-21)20-6-4-19(5-7-20)16-35-12-2-3-27(35)30(34)37/h4-11,13-15,27-28H,2-3,12,16-18H2,1H3,(H2,34,37)/t27-,28+/m0/s1. The van der Waals surface area contributed by atoms with E-state index in [0.717, 1.165) is 60.5 Å². The number of carbonyl (C=O) groups is 1. The summed E-state index contributed by atoms with van der Waals surface area (Å²) in [5.74, 6) is -1.96. The second-order valence-corrected chi connectivity index (χ2v) is 12.9. The van der Waals surface area contributed by atoms with Crippen LogP contribution in [0.2, 0.25) is 5.02 Å². The van der Waals surface area contributed by atoms with Gasteiger partial charge in [0, 0.05) is 37.0 Å². The lowest BCUT2D eigenvalue weighted by Gasteiger charge is -2.42. The van der Waals surface area contributed by atoms with Crippen molar-refractivity contribution in [2.45, 2.75) is 31.5 Å². The van der Waals surface area contributed by atoms with Gasteiger partial charge in [-0.25, -0.2) is 17.2 Å². The summed E-state index contributed by atoms with van der Waals surface area (Å²) in [6.45, 7) is 2.06. The fraction of sp³-hybridized carbons (Fsp3) is 0.300. The lowest BCUT2D eigenvalue weighted by Crippen LogP contribution is -2.44. The molecule has 0 unspecified atom stereocenters. The largest absolute Gasteiger partial charge is 0.368 e. The van der Waals surface area contributed by atoms with Gasteiger partial charge in [0.2, 0.25) is 5.91 Å². The molecule has 1 amide bonds. The Morgan fingerprint density at radius 1 is 1.00 bits per heavy atom. The maximum atomic E-state index is 14.0. The van der Waals surface area contributed by atoms with Gasteiger partial charge in [-0.15, -0.1) is 0 Å². The molecule has 2 atom stereocenters. The second kappa shape index (κ2) is 11.4. The van der Waals surface area contributed by atoms with E-state index in [1.807, 2.05) is 48.5 Å². The number of hydrogen-bond donors (Lipinski definition) is 1. The third-order valence-electron chi connectivity index (χ3n) is 7.53. The Morgan fingerprint density at radius 2 is 1.57 bits per heavy atom. The zero-order chi connectivity index (χ0) is 28.6. The summed E-state index contributed by atoms with van der Waals surface area (Å²) in [6, 6.07) is 18.0. The van der Waals surface area contributed by atoms with Crippen LogP contribution >= 0.6 is 11.6 Å². The highest BCUT2D eigenvalue weighted by Gasteiger charge is 2.35. The summed E-state index contributed by atoms with van der Waals surface area (Å²) < 4.78 is 53.4. The summed E-state index contributed by atoms with van der Waals surface area (Å²) in [4.78, 5) is 16.0. The lowest BCUT2D eigenvalue weighted by molar-refractivity contribution is -0.122. The van der Waals surface area contributed by atoms with Gasteiger partial charge in [-0.3, -0.25) is 14.6 Å². The molecular weight excluding hydrogens is 556 g/mol. The average molecular weight is 586 g/mol. The van der Waals surface area contributed by atoms with Crippen LogP contribution in [0.1, 0.15) is 41.1 Å². The number of halogens is 3. The highest BCUT2D eigenvalue weighted by Crippen LogP contribution is 2.39. The van der Waals surface area contributed by atoms with E-state index in [9.17, 15) is 22.0 Å². The van der Waals surface area contributed by atoms with Gasteiger partial charge in [0.1, 0.15) is 11.6 Å². The number of nitrogens with zero attached hydrogens (tertiary/aromatic N) is 2. The van der Waals surface area contributed by atoms with Crippen molar-refractivity contribution in [3.8, 4) is 0 Å². The molecule has 0 spiro atoms. The molecule has 10 heteroatoms. The summed E-state index contributed by atoms with van der Waals surface area (Å²) >= 11 is 6.15. The molecule has 2 saturated heterocycles. The Bertz CT molecular complexity index is 1530. The first-order valence-corrected chi connectivity index (χ1v) is 15.3. The number of benzene rings is 3. The van der Waals surface area contributed by atoms with Crippen molar-refractivity contribution >= 4 is 32.3 Å². The molecule has 0 aliphatic carbocycles. The van der Waals surface area contributed by atoms with E-state index in [4.69, 9.17) is 17.3 Å². The van der Waals surface area contributed by atoms with Gasteiger partial charge in [-0.05, 0) is 71.5 Å². The van der Waals surface area contributed by atoms with Crippen molar-refractivity contribution in [2.75, 3.05) is 25.9 Å². The molecule has 40 heavy (non-hydrogen) atoms. The number of hydrogen-bond acceptors (Lipinski definition) is 5. The van der Waals surface area contributed by atoms with Crippen molar-refractivity contribution in [3.05, 3.63) is 111 Å². The van der Waals surface area contributed by atoms with E-state index in [-0.39, 0.29) is 28.5 Å². The van der Waals surface area contributed by atoms with Crippen LogP contribution in [-0.2, 0) is 21.2 Å². The van der Waals surface area contributed by atoms with E-state index in [2.05, 4.69) is 9.80 Å². The van der Waals surface area contributed by atoms with Crippen LogP contribution in [0.4, 0.5) is 8.78 Å². The topological polar surface area (TPSA) is 83.7 Å². The van der Waals surface area contributed by atoms with Crippen molar-refractivity contribution < 1.29 is 22.0 Å². The molecule has 0 aromatic heterocycles. The highest BCUT2D eigenvalue weighted by molar-refractivity contribution is 8.00. The van der Waals surface area contributed by atoms with E-state index in [0.29, 0.717) is 30.2 Å². The number of primary amides is 1. The molecule has 3 aromatic carbocycles. The molecule has 5 rings (SSSR count). The first kappa shape index (κ1) is 28.4. The molecule has 0 radical (unpaired) electrons. The number of carbonyl (C=O) groups excluding carboxylic acids is 1. The predicted octanol–water partition coefficient (Wildman–Crippen LogP) is 4.93. The molecule has 2 fully saturated rings. The van der Waals surface area contributed by atoms with Crippen molar-refractivity contribution in [1.82, 2.24) is 9.80 Å². The van der Waals surface area contributed by atoms with Gasteiger partial charge in [-0.1, -0.05) is 48.0 Å². The van der Waals surface area contributed by atoms with Gasteiger partial charge in [-0.2, -0.15) is 0 Å². The Hall–Kier alpha value is -3.11. The molecule has 2 N–H and O–H groups in total. The first-order valence-electron chi connectivity index (χ1n) is 13.0. The van der Waals surface area contributed by atoms with Crippen LogP contribution in [-0.4, -0.2) is 56.1 Å². The average Bonchev–Trinajstić information content (AvgIpc) is 3.31. The molecule has 2 aliphatic rings. The normalized spacial score (nSPS) is 18.9. The summed E-state index contributed by atoms with van der Waals surface area (Å²) in [5, 5.41) is 0.601. The Balaban J connectivity index is 1.44. The molecule has 2 heterocycles. The lowest BCUT2D eigenvalue weighted by atomic mass is 9.91. The molecule has 6 nitrogen and oxygen atoms in total. The van der Waals surface area contributed by atoms with Gasteiger partial charge in [0.05, 0.1) is 17.0 Å². The van der Waals surface area contributed by atoms with Crippen LogP contribution < -0.4 is 5.73 Å². The third kappa shape index (κ3) is 6.12. The van der Waals surface area contributed by atoms with Crippen LogP contribution in [0.5, 0.6) is 0 Å². The maximum Gasteiger partial charge on any atom is 0.234 e. The summed E-state index contributed by atoms with van der Waals surface area (Å²) in [6.07, 6.45) is 2.76. The molecule has 3 aromatic rings. The molecule has 0 bridgehead atoms. The van der Waals surface area contributed by atoms with Crippen LogP contribution in [0.25, 0.3) is 4.91 Å². The first-order chi connectivity index (χ1) is 19.0. The zero-order valence-electron chi connectivity index (χ0n) is 22.0. The Morgan fingerprint density at radius 3 is 2.12 bits per heavy atom.